The molecule has 4 rings (SSSR count). The van der Waals surface area contributed by atoms with E-state index in [4.69, 9.17) is 27.2 Å². The van der Waals surface area contributed by atoms with Crippen molar-refractivity contribution in [3.63, 3.8) is 0 Å². The second-order valence-electron chi connectivity index (χ2n) is 5.76. The van der Waals surface area contributed by atoms with E-state index in [-0.39, 0.29) is 0 Å². The van der Waals surface area contributed by atoms with Crippen LogP contribution >= 0.6 is 11.6 Å². The Balaban J connectivity index is 1.89. The molecule has 2 aromatic heterocycles. The van der Waals surface area contributed by atoms with Crippen molar-refractivity contribution < 1.29 is 4.74 Å². The Hall–Kier alpha value is -2.34. The average Bonchev–Trinajstić information content (AvgIpc) is 3.27. The number of rotatable bonds is 4. The van der Waals surface area contributed by atoms with Gasteiger partial charge in [-0.25, -0.2) is 9.97 Å². The van der Waals surface area contributed by atoms with Gasteiger partial charge < -0.3 is 10.5 Å². The van der Waals surface area contributed by atoms with E-state index >= 15 is 0 Å². The highest BCUT2D eigenvalue weighted by Gasteiger charge is 2.25. The van der Waals surface area contributed by atoms with E-state index in [2.05, 4.69) is 9.97 Å². The zero-order valence-electron chi connectivity index (χ0n) is 12.7. The maximum Gasteiger partial charge on any atom is 0.182 e. The monoisotopic (exact) mass is 329 g/mol. The Bertz CT molecular complexity index is 888. The molecule has 0 radical (unpaired) electrons. The topological polar surface area (TPSA) is 78.9 Å². The molecule has 0 aliphatic heterocycles. The lowest BCUT2D eigenvalue weighted by Crippen LogP contribution is -2.03. The van der Waals surface area contributed by atoms with Crippen LogP contribution in [0.5, 0.6) is 5.75 Å². The van der Waals surface area contributed by atoms with Gasteiger partial charge in [0.2, 0.25) is 0 Å². The van der Waals surface area contributed by atoms with Crippen molar-refractivity contribution in [3.05, 3.63) is 29.4 Å². The number of nitrogens with zero attached hydrogens (tertiary/aromatic N) is 4. The molecule has 23 heavy (non-hydrogen) atoms. The zero-order valence-corrected chi connectivity index (χ0v) is 13.4. The fourth-order valence-corrected chi connectivity index (χ4v) is 2.96. The fraction of sp³-hybridized carbons (Fsp3) is 0.312. The number of hydrogen-bond acceptors (Lipinski definition) is 5. The number of para-hydroxylation sites is 1. The summed E-state index contributed by atoms with van der Waals surface area (Å²) in [6.45, 7) is 0.867. The SMILES string of the molecule is COc1cnc(-c2nn(CC3CC3)c3c(Cl)cccc23)nc1N. The van der Waals surface area contributed by atoms with Crippen molar-refractivity contribution in [2.75, 3.05) is 12.8 Å². The first kappa shape index (κ1) is 14.3. The maximum absolute atomic E-state index is 6.40. The van der Waals surface area contributed by atoms with Crippen LogP contribution in [0.4, 0.5) is 5.82 Å². The Morgan fingerprint density at radius 1 is 1.39 bits per heavy atom. The van der Waals surface area contributed by atoms with Crippen LogP contribution in [-0.2, 0) is 6.54 Å². The molecule has 3 aromatic rings. The number of benzene rings is 1. The van der Waals surface area contributed by atoms with Crippen LogP contribution in [-0.4, -0.2) is 26.9 Å². The summed E-state index contributed by atoms with van der Waals surface area (Å²) in [4.78, 5) is 8.66. The lowest BCUT2D eigenvalue weighted by Gasteiger charge is -2.03. The molecule has 1 aromatic carbocycles. The van der Waals surface area contributed by atoms with Crippen molar-refractivity contribution >= 4 is 28.3 Å². The van der Waals surface area contributed by atoms with Gasteiger partial charge in [-0.15, -0.1) is 0 Å². The fourth-order valence-electron chi connectivity index (χ4n) is 2.69. The molecule has 1 saturated carbocycles. The summed E-state index contributed by atoms with van der Waals surface area (Å²) in [7, 11) is 1.54. The number of methoxy groups -OCH3 is 1. The molecule has 2 N–H and O–H groups in total. The van der Waals surface area contributed by atoms with Crippen LogP contribution in [0, 0.1) is 5.92 Å². The van der Waals surface area contributed by atoms with Crippen molar-refractivity contribution in [3.8, 4) is 17.3 Å². The lowest BCUT2D eigenvalue weighted by atomic mass is 10.2. The van der Waals surface area contributed by atoms with E-state index in [1.165, 1.54) is 20.0 Å². The molecule has 0 spiro atoms. The van der Waals surface area contributed by atoms with Gasteiger partial charge in [0.1, 0.15) is 5.69 Å². The third-order valence-corrected chi connectivity index (χ3v) is 4.37. The molecular weight excluding hydrogens is 314 g/mol. The summed E-state index contributed by atoms with van der Waals surface area (Å²) < 4.78 is 7.08. The predicted octanol–water partition coefficient (Wildman–Crippen LogP) is 3.15. The standard InChI is InChI=1S/C16H16ClN5O/c1-23-12-7-19-16(20-15(12)18)13-10-3-2-4-11(17)14(10)22(21-13)8-9-5-6-9/h2-4,7,9H,5-6,8H2,1H3,(H2,18,19,20). The molecule has 7 heteroatoms. The molecule has 1 fully saturated rings. The molecule has 0 unspecified atom stereocenters. The van der Waals surface area contributed by atoms with Gasteiger partial charge in [0.25, 0.3) is 0 Å². The first-order valence-electron chi connectivity index (χ1n) is 7.49. The van der Waals surface area contributed by atoms with E-state index in [0.717, 1.165) is 17.4 Å². The molecule has 118 valence electrons. The Kier molecular flexibility index (Phi) is 3.34. The van der Waals surface area contributed by atoms with E-state index in [1.54, 1.807) is 6.20 Å². The van der Waals surface area contributed by atoms with Gasteiger partial charge >= 0.3 is 0 Å². The van der Waals surface area contributed by atoms with Gasteiger partial charge in [0.15, 0.2) is 17.4 Å². The lowest BCUT2D eigenvalue weighted by molar-refractivity contribution is 0.413. The molecule has 0 saturated heterocycles. The first-order chi connectivity index (χ1) is 11.2. The van der Waals surface area contributed by atoms with E-state index in [9.17, 15) is 0 Å². The summed E-state index contributed by atoms with van der Waals surface area (Å²) in [5.41, 5.74) is 7.52. The number of hydrogen-bond donors (Lipinski definition) is 1. The van der Waals surface area contributed by atoms with Gasteiger partial charge in [-0.05, 0) is 24.8 Å². The third kappa shape index (κ3) is 2.49. The predicted molar refractivity (Wildman–Crippen MR) is 89.5 cm³/mol. The highest BCUT2D eigenvalue weighted by Crippen LogP contribution is 2.36. The zero-order chi connectivity index (χ0) is 16.0. The first-order valence-corrected chi connectivity index (χ1v) is 7.87. The van der Waals surface area contributed by atoms with E-state index in [0.29, 0.717) is 34.0 Å². The molecule has 0 atom stereocenters. The highest BCUT2D eigenvalue weighted by atomic mass is 35.5. The van der Waals surface area contributed by atoms with Crippen LogP contribution in [0.2, 0.25) is 5.02 Å². The Labute approximate surface area is 138 Å². The van der Waals surface area contributed by atoms with Crippen LogP contribution in [0.3, 0.4) is 0 Å². The molecule has 6 nitrogen and oxygen atoms in total. The highest BCUT2D eigenvalue weighted by molar-refractivity contribution is 6.35. The quantitative estimate of drug-likeness (QED) is 0.795. The van der Waals surface area contributed by atoms with Crippen LogP contribution < -0.4 is 10.5 Å². The number of ether oxygens (including phenoxy) is 1. The van der Waals surface area contributed by atoms with Crippen LogP contribution in [0.1, 0.15) is 12.8 Å². The van der Waals surface area contributed by atoms with Crippen LogP contribution in [0.15, 0.2) is 24.4 Å². The van der Waals surface area contributed by atoms with Crippen LogP contribution in [0.25, 0.3) is 22.4 Å². The third-order valence-electron chi connectivity index (χ3n) is 4.06. The number of aromatic nitrogens is 4. The number of halogens is 1. The molecule has 0 amide bonds. The summed E-state index contributed by atoms with van der Waals surface area (Å²) in [5, 5.41) is 6.32. The summed E-state index contributed by atoms with van der Waals surface area (Å²) in [6.07, 6.45) is 4.05. The summed E-state index contributed by atoms with van der Waals surface area (Å²) >= 11 is 6.40. The smallest absolute Gasteiger partial charge is 0.182 e. The summed E-state index contributed by atoms with van der Waals surface area (Å²) in [6, 6.07) is 5.77. The van der Waals surface area contributed by atoms with Gasteiger partial charge in [0.05, 0.1) is 23.8 Å². The normalized spacial score (nSPS) is 14.3. The van der Waals surface area contributed by atoms with Gasteiger partial charge in [0, 0.05) is 11.9 Å². The second kappa shape index (κ2) is 5.38. The van der Waals surface area contributed by atoms with E-state index < -0.39 is 0 Å². The number of nitrogens with two attached hydrogens (primary N) is 1. The van der Waals surface area contributed by atoms with Gasteiger partial charge in [-0.3, -0.25) is 4.68 Å². The number of nitrogen functional groups attached to an aromatic ring is 1. The van der Waals surface area contributed by atoms with Crippen molar-refractivity contribution in [1.82, 2.24) is 19.7 Å². The van der Waals surface area contributed by atoms with Crippen molar-refractivity contribution in [2.24, 2.45) is 5.92 Å². The van der Waals surface area contributed by atoms with E-state index in [1.807, 2.05) is 22.9 Å². The molecule has 2 heterocycles. The largest absolute Gasteiger partial charge is 0.491 e. The molecule has 1 aliphatic rings. The minimum Gasteiger partial charge on any atom is -0.491 e. The molecular formula is C16H16ClN5O. The van der Waals surface area contributed by atoms with Crippen molar-refractivity contribution in [1.29, 1.82) is 0 Å². The Morgan fingerprint density at radius 3 is 2.91 bits per heavy atom. The summed E-state index contributed by atoms with van der Waals surface area (Å²) in [5.74, 6) is 1.91. The van der Waals surface area contributed by atoms with Gasteiger partial charge in [-0.1, -0.05) is 23.7 Å². The second-order valence-corrected chi connectivity index (χ2v) is 6.16. The minimum absolute atomic E-state index is 0.296. The number of anilines is 1. The maximum atomic E-state index is 6.40. The van der Waals surface area contributed by atoms with Gasteiger partial charge in [-0.2, -0.15) is 5.10 Å². The average molecular weight is 330 g/mol. The number of fused-ring (bicyclic) bond motifs is 1. The van der Waals surface area contributed by atoms with Crippen molar-refractivity contribution in [2.45, 2.75) is 19.4 Å². The molecule has 1 aliphatic carbocycles. The molecule has 0 bridgehead atoms. The minimum atomic E-state index is 0.296. The Morgan fingerprint density at radius 2 is 2.22 bits per heavy atom.